The first kappa shape index (κ1) is 18.8. The van der Waals surface area contributed by atoms with Gasteiger partial charge in [0.05, 0.1) is 0 Å². The van der Waals surface area contributed by atoms with Crippen LogP contribution in [-0.4, -0.2) is 29.4 Å². The highest BCUT2D eigenvalue weighted by Gasteiger charge is 2.55. The highest BCUT2D eigenvalue weighted by atomic mass is 16.2. The topological polar surface area (TPSA) is 33.2 Å². The van der Waals surface area contributed by atoms with E-state index in [4.69, 9.17) is 0 Å². The lowest BCUT2D eigenvalue weighted by Crippen LogP contribution is -2.48. The van der Waals surface area contributed by atoms with Crippen LogP contribution in [-0.2, 0) is 4.79 Å². The Morgan fingerprint density at radius 3 is 2.76 bits per heavy atom. The van der Waals surface area contributed by atoms with Crippen LogP contribution in [0.1, 0.15) is 52.0 Å². The van der Waals surface area contributed by atoms with Crippen LogP contribution in [0.25, 0.3) is 5.57 Å². The summed E-state index contributed by atoms with van der Waals surface area (Å²) in [5.74, 6) is 1.89. The minimum atomic E-state index is 0.124. The minimum Gasteiger partial charge on any atom is -0.342 e. The summed E-state index contributed by atoms with van der Waals surface area (Å²) in [5.41, 5.74) is 5.99. The molecule has 3 aliphatic carbocycles. The zero-order chi connectivity index (χ0) is 20.4. The summed E-state index contributed by atoms with van der Waals surface area (Å²) in [7, 11) is 1.95. The molecular formula is C26H32N2O. The SMILES string of the molecule is CC1C[C@H]2C3=CC=C(c4cccnc4)[C@@]3(C)CC[C@@H]2[C@@]2(C)CCN(C)C(=O)C=C12. The van der Waals surface area contributed by atoms with Crippen molar-refractivity contribution in [2.24, 2.45) is 28.6 Å². The molecule has 4 aliphatic rings. The number of rotatable bonds is 1. The lowest BCUT2D eigenvalue weighted by Gasteiger charge is -2.56. The molecule has 3 nitrogen and oxygen atoms in total. The lowest BCUT2D eigenvalue weighted by molar-refractivity contribution is -0.124. The van der Waals surface area contributed by atoms with Gasteiger partial charge in [-0.1, -0.05) is 50.1 Å². The molecule has 0 N–H and O–H groups in total. The van der Waals surface area contributed by atoms with Gasteiger partial charge in [-0.25, -0.2) is 0 Å². The molecule has 0 spiro atoms. The van der Waals surface area contributed by atoms with Gasteiger partial charge >= 0.3 is 0 Å². The Morgan fingerprint density at radius 2 is 2.00 bits per heavy atom. The van der Waals surface area contributed by atoms with Crippen LogP contribution in [0, 0.1) is 28.6 Å². The molecule has 0 aromatic carbocycles. The number of pyridine rings is 1. The second-order valence-corrected chi connectivity index (χ2v) is 10.2. The van der Waals surface area contributed by atoms with Crippen molar-refractivity contribution in [3.05, 3.63) is 59.5 Å². The number of allylic oxidation sites excluding steroid dienone is 5. The number of aromatic nitrogens is 1. The Balaban J connectivity index is 1.52. The van der Waals surface area contributed by atoms with Gasteiger partial charge in [0.25, 0.3) is 0 Å². The Labute approximate surface area is 174 Å². The van der Waals surface area contributed by atoms with Crippen LogP contribution in [0.2, 0.25) is 0 Å². The second-order valence-electron chi connectivity index (χ2n) is 10.2. The highest BCUT2D eigenvalue weighted by molar-refractivity contribution is 5.89. The van der Waals surface area contributed by atoms with Crippen molar-refractivity contribution in [2.45, 2.75) is 46.5 Å². The summed E-state index contributed by atoms with van der Waals surface area (Å²) < 4.78 is 0. The molecule has 1 aliphatic heterocycles. The van der Waals surface area contributed by atoms with Gasteiger partial charge in [0, 0.05) is 37.5 Å². The van der Waals surface area contributed by atoms with Crippen LogP contribution in [0.5, 0.6) is 0 Å². The van der Waals surface area contributed by atoms with Crippen LogP contribution in [0.4, 0.5) is 0 Å². The molecular weight excluding hydrogens is 356 g/mol. The molecule has 5 atom stereocenters. The number of fused-ring (bicyclic) bond motifs is 5. The fourth-order valence-electron chi connectivity index (χ4n) is 7.04. The summed E-state index contributed by atoms with van der Waals surface area (Å²) >= 11 is 0. The molecule has 1 aromatic rings. The number of amides is 1. The van der Waals surface area contributed by atoms with Gasteiger partial charge in [-0.05, 0) is 66.1 Å². The number of likely N-dealkylation sites (N-methyl/N-ethyl adjacent to an activating group) is 1. The summed E-state index contributed by atoms with van der Waals surface area (Å²) in [5, 5.41) is 0. The monoisotopic (exact) mass is 388 g/mol. The van der Waals surface area contributed by atoms with Gasteiger partial charge in [0.15, 0.2) is 0 Å². The van der Waals surface area contributed by atoms with E-state index in [9.17, 15) is 4.79 Å². The van der Waals surface area contributed by atoms with E-state index in [1.54, 1.807) is 5.57 Å². The molecule has 152 valence electrons. The zero-order valence-corrected chi connectivity index (χ0v) is 18.1. The largest absolute Gasteiger partial charge is 0.342 e. The van der Waals surface area contributed by atoms with Gasteiger partial charge in [-0.2, -0.15) is 0 Å². The van der Waals surface area contributed by atoms with E-state index in [1.165, 1.54) is 36.0 Å². The fraction of sp³-hybridized carbons (Fsp3) is 0.538. The van der Waals surface area contributed by atoms with Crippen molar-refractivity contribution >= 4 is 11.5 Å². The highest BCUT2D eigenvalue weighted by Crippen LogP contribution is 2.65. The molecule has 0 radical (unpaired) electrons. The molecule has 5 rings (SSSR count). The van der Waals surface area contributed by atoms with Crippen LogP contribution < -0.4 is 0 Å². The van der Waals surface area contributed by atoms with Crippen LogP contribution >= 0.6 is 0 Å². The van der Waals surface area contributed by atoms with Gasteiger partial charge < -0.3 is 4.90 Å². The van der Waals surface area contributed by atoms with Crippen molar-refractivity contribution in [2.75, 3.05) is 13.6 Å². The molecule has 3 heteroatoms. The van der Waals surface area contributed by atoms with E-state index in [0.717, 1.165) is 13.0 Å². The van der Waals surface area contributed by atoms with Crippen molar-refractivity contribution in [3.8, 4) is 0 Å². The second kappa shape index (κ2) is 6.42. The lowest BCUT2D eigenvalue weighted by atomic mass is 9.47. The normalized spacial score (nSPS) is 38.9. The smallest absolute Gasteiger partial charge is 0.246 e. The molecule has 2 fully saturated rings. The molecule has 2 saturated carbocycles. The third kappa shape index (κ3) is 2.62. The zero-order valence-electron chi connectivity index (χ0n) is 18.1. The van der Waals surface area contributed by atoms with Gasteiger partial charge in [0.1, 0.15) is 0 Å². The van der Waals surface area contributed by atoms with E-state index in [2.05, 4.69) is 44.0 Å². The quantitative estimate of drug-likeness (QED) is 0.656. The van der Waals surface area contributed by atoms with Crippen molar-refractivity contribution in [1.29, 1.82) is 0 Å². The maximum Gasteiger partial charge on any atom is 0.246 e. The van der Waals surface area contributed by atoms with E-state index in [0.29, 0.717) is 17.8 Å². The molecule has 2 heterocycles. The fourth-order valence-corrected chi connectivity index (χ4v) is 7.04. The first-order valence-electron chi connectivity index (χ1n) is 11.1. The van der Waals surface area contributed by atoms with Crippen molar-refractivity contribution < 1.29 is 4.79 Å². The van der Waals surface area contributed by atoms with E-state index >= 15 is 0 Å². The number of hydrogen-bond acceptors (Lipinski definition) is 2. The van der Waals surface area contributed by atoms with Gasteiger partial charge in [0.2, 0.25) is 5.91 Å². The maximum atomic E-state index is 12.6. The molecule has 0 bridgehead atoms. The number of hydrogen-bond donors (Lipinski definition) is 0. The predicted molar refractivity (Wildman–Crippen MR) is 117 cm³/mol. The predicted octanol–water partition coefficient (Wildman–Crippen LogP) is 5.27. The number of carbonyl (C=O) groups is 1. The number of nitrogens with zero attached hydrogens (tertiary/aromatic N) is 2. The van der Waals surface area contributed by atoms with Gasteiger partial charge in [-0.15, -0.1) is 0 Å². The third-order valence-corrected chi connectivity index (χ3v) is 8.71. The molecule has 1 aromatic heterocycles. The van der Waals surface area contributed by atoms with Crippen LogP contribution in [0.15, 0.2) is 53.9 Å². The van der Waals surface area contributed by atoms with E-state index in [-0.39, 0.29) is 16.7 Å². The average Bonchev–Trinajstić information content (AvgIpc) is 3.01. The summed E-state index contributed by atoms with van der Waals surface area (Å²) in [6.07, 6.45) is 15.3. The Kier molecular flexibility index (Phi) is 4.17. The van der Waals surface area contributed by atoms with Crippen molar-refractivity contribution in [3.63, 3.8) is 0 Å². The van der Waals surface area contributed by atoms with Crippen molar-refractivity contribution in [1.82, 2.24) is 9.88 Å². The van der Waals surface area contributed by atoms with E-state index < -0.39 is 0 Å². The summed E-state index contributed by atoms with van der Waals surface area (Å²) in [6.45, 7) is 8.10. The standard InChI is InChI=1S/C26H32N2O/c1-17-14-19-21-8-7-20(18-6-5-12-27-16-18)25(21,2)10-9-22(19)26(3)11-13-28(4)24(29)15-23(17)26/h5-8,12,15-17,19,22H,9-11,13-14H2,1-4H3/t17?,19-,22-,25+,26+/m0/s1. The number of carbonyl (C=O) groups excluding carboxylic acids is 1. The van der Waals surface area contributed by atoms with E-state index in [1.807, 2.05) is 36.5 Å². The molecule has 29 heavy (non-hydrogen) atoms. The summed E-state index contributed by atoms with van der Waals surface area (Å²) in [6, 6.07) is 4.24. The first-order chi connectivity index (χ1) is 13.8. The van der Waals surface area contributed by atoms with Crippen LogP contribution in [0.3, 0.4) is 0 Å². The molecule has 1 unspecified atom stereocenters. The Bertz CT molecular complexity index is 943. The Hall–Kier alpha value is -2.16. The summed E-state index contributed by atoms with van der Waals surface area (Å²) in [4.78, 5) is 18.9. The Morgan fingerprint density at radius 1 is 1.17 bits per heavy atom. The molecule has 1 amide bonds. The first-order valence-corrected chi connectivity index (χ1v) is 11.1. The van der Waals surface area contributed by atoms with Gasteiger partial charge in [-0.3, -0.25) is 9.78 Å². The minimum absolute atomic E-state index is 0.124. The maximum absolute atomic E-state index is 12.6. The third-order valence-electron chi connectivity index (χ3n) is 8.71. The molecule has 0 saturated heterocycles. The average molecular weight is 389 g/mol.